The molecule has 2 aromatic carbocycles. The minimum absolute atomic E-state index is 0.00460. The summed E-state index contributed by atoms with van der Waals surface area (Å²) in [6, 6.07) is 10.9. The number of aliphatic imine (C=N–C) groups is 1. The fourth-order valence-electron chi connectivity index (χ4n) is 2.00. The van der Waals surface area contributed by atoms with E-state index in [1.807, 2.05) is 19.6 Å². The molecule has 0 radical (unpaired) electrons. The van der Waals surface area contributed by atoms with Gasteiger partial charge in [0, 0.05) is 28.9 Å². The van der Waals surface area contributed by atoms with E-state index in [9.17, 15) is 10.1 Å². The Morgan fingerprint density at radius 2 is 1.88 bits per heavy atom. The van der Waals surface area contributed by atoms with Crippen molar-refractivity contribution in [1.29, 1.82) is 0 Å². The van der Waals surface area contributed by atoms with Crippen molar-refractivity contribution in [3.8, 4) is 11.5 Å². The zero-order valence-corrected chi connectivity index (χ0v) is 16.5. The summed E-state index contributed by atoms with van der Waals surface area (Å²) in [5, 5.41) is 11.3. The quantitative estimate of drug-likeness (QED) is 0.197. The molecule has 26 heavy (non-hydrogen) atoms. The second kappa shape index (κ2) is 8.16. The van der Waals surface area contributed by atoms with Crippen molar-refractivity contribution >= 4 is 31.8 Å². The highest BCUT2D eigenvalue weighted by Gasteiger charge is 2.16. The minimum Gasteiger partial charge on any atom is -0.532 e. The van der Waals surface area contributed by atoms with Gasteiger partial charge in [-0.15, -0.1) is 0 Å². The predicted octanol–water partition coefficient (Wildman–Crippen LogP) is 5.78. The first kappa shape index (κ1) is 19.7. The second-order valence-electron chi connectivity index (χ2n) is 6.40. The molecular formula is C18H19ClN2O4Si. The van der Waals surface area contributed by atoms with Crippen LogP contribution in [0.4, 0.5) is 5.69 Å². The number of rotatable bonds is 7. The van der Waals surface area contributed by atoms with E-state index in [4.69, 9.17) is 20.8 Å². The molecule has 0 saturated carbocycles. The van der Waals surface area contributed by atoms with Gasteiger partial charge in [-0.3, -0.25) is 10.1 Å². The average Bonchev–Trinajstić information content (AvgIpc) is 2.54. The lowest BCUT2D eigenvalue weighted by molar-refractivity contribution is -0.384. The Bertz CT molecular complexity index is 845. The summed E-state index contributed by atoms with van der Waals surface area (Å²) < 4.78 is 11.5. The Morgan fingerprint density at radius 3 is 2.46 bits per heavy atom. The molecule has 0 aliphatic heterocycles. The van der Waals surface area contributed by atoms with Crippen molar-refractivity contribution in [2.75, 3.05) is 0 Å². The van der Waals surface area contributed by atoms with Crippen LogP contribution >= 0.6 is 11.6 Å². The molecule has 8 heteroatoms. The van der Waals surface area contributed by atoms with E-state index >= 15 is 0 Å². The fourth-order valence-corrected chi connectivity index (χ4v) is 2.94. The van der Waals surface area contributed by atoms with Crippen LogP contribution in [0, 0.1) is 10.1 Å². The Hall–Kier alpha value is -2.64. The van der Waals surface area contributed by atoms with E-state index in [2.05, 4.69) is 11.6 Å². The Balaban J connectivity index is 2.21. The van der Waals surface area contributed by atoms with Gasteiger partial charge in [-0.25, -0.2) is 4.99 Å². The molecule has 136 valence electrons. The molecule has 0 saturated heterocycles. The zero-order chi connectivity index (χ0) is 19.3. The highest BCUT2D eigenvalue weighted by molar-refractivity contribution is 6.70. The van der Waals surface area contributed by atoms with Gasteiger partial charge in [0.2, 0.25) is 8.32 Å². The van der Waals surface area contributed by atoms with E-state index in [0.717, 1.165) is 0 Å². The lowest BCUT2D eigenvalue weighted by Gasteiger charge is -2.18. The summed E-state index contributed by atoms with van der Waals surface area (Å²) >= 11 is 6.06. The van der Waals surface area contributed by atoms with E-state index in [1.54, 1.807) is 24.4 Å². The summed E-state index contributed by atoms with van der Waals surface area (Å²) in [6.07, 6.45) is 1.56. The molecule has 0 bridgehead atoms. The van der Waals surface area contributed by atoms with Crippen LogP contribution in [0.2, 0.25) is 24.7 Å². The standard InChI is InChI=1S/C18H19ClN2O4Si/c1-13(25-26(2,3)4)20-12-14-11-15(19)5-10-18(14)24-17-8-6-16(7-9-17)21(22)23/h5-12H,1H2,2-4H3. The molecule has 2 rings (SSSR count). The summed E-state index contributed by atoms with van der Waals surface area (Å²) in [5.74, 6) is 1.29. The van der Waals surface area contributed by atoms with Crippen LogP contribution in [0.25, 0.3) is 0 Å². The zero-order valence-electron chi connectivity index (χ0n) is 14.7. The molecule has 2 aromatic rings. The van der Waals surface area contributed by atoms with E-state index in [1.165, 1.54) is 24.3 Å². The molecule has 0 N–H and O–H groups in total. The summed E-state index contributed by atoms with van der Waals surface area (Å²) in [4.78, 5) is 14.5. The third-order valence-electron chi connectivity index (χ3n) is 3.02. The molecule has 0 fully saturated rings. The highest BCUT2D eigenvalue weighted by Crippen LogP contribution is 2.28. The van der Waals surface area contributed by atoms with Gasteiger partial charge in [0.15, 0.2) is 5.88 Å². The second-order valence-corrected chi connectivity index (χ2v) is 11.3. The number of hydrogen-bond acceptors (Lipinski definition) is 5. The topological polar surface area (TPSA) is 74.0 Å². The van der Waals surface area contributed by atoms with Crippen LogP contribution in [0.1, 0.15) is 5.56 Å². The molecule has 0 spiro atoms. The molecule has 0 aliphatic carbocycles. The predicted molar refractivity (Wildman–Crippen MR) is 106 cm³/mol. The normalized spacial score (nSPS) is 11.4. The maximum absolute atomic E-state index is 10.7. The molecule has 0 aromatic heterocycles. The molecule has 0 atom stereocenters. The number of hydrogen-bond donors (Lipinski definition) is 0. The molecule has 0 heterocycles. The van der Waals surface area contributed by atoms with Crippen LogP contribution in [0.15, 0.2) is 59.9 Å². The number of halogens is 1. The third-order valence-corrected chi connectivity index (χ3v) is 4.10. The molecule has 0 unspecified atom stereocenters. The third kappa shape index (κ3) is 6.02. The number of ether oxygens (including phenoxy) is 1. The van der Waals surface area contributed by atoms with E-state index in [0.29, 0.717) is 28.0 Å². The van der Waals surface area contributed by atoms with Gasteiger partial charge in [0.1, 0.15) is 11.5 Å². The van der Waals surface area contributed by atoms with E-state index < -0.39 is 13.2 Å². The summed E-state index contributed by atoms with van der Waals surface area (Å²) in [5.41, 5.74) is 0.631. The molecule has 0 aliphatic rings. The van der Waals surface area contributed by atoms with Crippen LogP contribution in [-0.2, 0) is 4.43 Å². The molecule has 6 nitrogen and oxygen atoms in total. The SMILES string of the molecule is C=C(N=Cc1cc(Cl)ccc1Oc1ccc([N+](=O)[O-])cc1)O[Si](C)(C)C. The van der Waals surface area contributed by atoms with Crippen molar-refractivity contribution in [2.24, 2.45) is 4.99 Å². The minimum atomic E-state index is -1.78. The monoisotopic (exact) mass is 390 g/mol. The summed E-state index contributed by atoms with van der Waals surface area (Å²) in [7, 11) is -1.78. The largest absolute Gasteiger partial charge is 0.532 e. The van der Waals surface area contributed by atoms with Crippen molar-refractivity contribution < 1.29 is 14.1 Å². The first-order chi connectivity index (χ1) is 12.1. The number of non-ortho nitro benzene ring substituents is 1. The summed E-state index contributed by atoms with van der Waals surface area (Å²) in [6.45, 7) is 9.91. The maximum atomic E-state index is 10.7. The van der Waals surface area contributed by atoms with Crippen LogP contribution in [-0.4, -0.2) is 19.5 Å². The first-order valence-corrected chi connectivity index (χ1v) is 11.6. The fraction of sp³-hybridized carbons (Fsp3) is 0.167. The van der Waals surface area contributed by atoms with Gasteiger partial charge < -0.3 is 9.16 Å². The van der Waals surface area contributed by atoms with Crippen molar-refractivity contribution in [2.45, 2.75) is 19.6 Å². The van der Waals surface area contributed by atoms with Crippen molar-refractivity contribution in [3.05, 3.63) is 75.6 Å². The van der Waals surface area contributed by atoms with Gasteiger partial charge in [-0.05, 0) is 56.6 Å². The highest BCUT2D eigenvalue weighted by atomic mass is 35.5. The average molecular weight is 391 g/mol. The number of benzene rings is 2. The van der Waals surface area contributed by atoms with Crippen molar-refractivity contribution in [1.82, 2.24) is 0 Å². The Morgan fingerprint density at radius 1 is 1.23 bits per heavy atom. The van der Waals surface area contributed by atoms with Crippen LogP contribution in [0.5, 0.6) is 11.5 Å². The molecule has 0 amide bonds. The lowest BCUT2D eigenvalue weighted by atomic mass is 10.2. The molecular weight excluding hydrogens is 372 g/mol. The van der Waals surface area contributed by atoms with E-state index in [-0.39, 0.29) is 5.69 Å². The van der Waals surface area contributed by atoms with Gasteiger partial charge in [0.25, 0.3) is 5.69 Å². The Kier molecular flexibility index (Phi) is 6.17. The lowest BCUT2D eigenvalue weighted by Crippen LogP contribution is -2.24. The Labute approximate surface area is 158 Å². The van der Waals surface area contributed by atoms with Crippen LogP contribution < -0.4 is 4.74 Å². The number of nitro benzene ring substituents is 1. The van der Waals surface area contributed by atoms with Crippen molar-refractivity contribution in [3.63, 3.8) is 0 Å². The van der Waals surface area contributed by atoms with Gasteiger partial charge in [-0.1, -0.05) is 11.6 Å². The van der Waals surface area contributed by atoms with Gasteiger partial charge in [-0.2, -0.15) is 0 Å². The maximum Gasteiger partial charge on any atom is 0.269 e. The van der Waals surface area contributed by atoms with Gasteiger partial charge in [0.05, 0.1) is 4.92 Å². The van der Waals surface area contributed by atoms with Crippen LogP contribution in [0.3, 0.4) is 0 Å². The smallest absolute Gasteiger partial charge is 0.269 e. The van der Waals surface area contributed by atoms with Gasteiger partial charge >= 0.3 is 0 Å². The number of nitrogens with zero attached hydrogens (tertiary/aromatic N) is 2. The number of nitro groups is 1. The first-order valence-electron chi connectivity index (χ1n) is 7.78.